The fraction of sp³-hybridized carbons (Fsp3) is 0.308. The van der Waals surface area contributed by atoms with Gasteiger partial charge in [-0.25, -0.2) is 0 Å². The van der Waals surface area contributed by atoms with E-state index in [0.29, 0.717) is 36.0 Å². The molecule has 0 bridgehead atoms. The Morgan fingerprint density at radius 2 is 1.39 bits per heavy atom. The van der Waals surface area contributed by atoms with Gasteiger partial charge in [0.1, 0.15) is 11.5 Å². The molecule has 46 heavy (non-hydrogen) atoms. The van der Waals surface area contributed by atoms with Crippen molar-refractivity contribution in [2.75, 3.05) is 11.9 Å². The number of rotatable bonds is 15. The van der Waals surface area contributed by atoms with Crippen molar-refractivity contribution in [2.45, 2.75) is 70.6 Å². The van der Waals surface area contributed by atoms with Crippen LogP contribution in [0.25, 0.3) is 0 Å². The van der Waals surface area contributed by atoms with Gasteiger partial charge in [-0.1, -0.05) is 105 Å². The van der Waals surface area contributed by atoms with Crippen molar-refractivity contribution in [1.82, 2.24) is 5.32 Å². The molecule has 0 aliphatic heterocycles. The number of carbonyl (C=O) groups is 2. The molecule has 4 aromatic carbocycles. The molecule has 0 amide bonds. The first-order chi connectivity index (χ1) is 22.3. The third-order valence-corrected chi connectivity index (χ3v) is 8.46. The van der Waals surface area contributed by atoms with Gasteiger partial charge in [-0.3, -0.25) is 9.59 Å². The molecule has 0 saturated heterocycles. The van der Waals surface area contributed by atoms with E-state index in [4.69, 9.17) is 21.7 Å². The van der Waals surface area contributed by atoms with Crippen molar-refractivity contribution in [3.8, 4) is 11.5 Å². The highest BCUT2D eigenvalue weighted by Gasteiger charge is 2.36. The number of thiocarbonyl (C=S) groups is 1. The summed E-state index contributed by atoms with van der Waals surface area (Å²) in [6.45, 7) is 6.70. The van der Waals surface area contributed by atoms with Gasteiger partial charge in [0.25, 0.3) is 0 Å². The van der Waals surface area contributed by atoms with E-state index in [1.807, 2.05) is 98.8 Å². The second-order valence-electron chi connectivity index (χ2n) is 11.7. The highest BCUT2D eigenvalue weighted by molar-refractivity contribution is 7.80. The van der Waals surface area contributed by atoms with Crippen LogP contribution in [0.4, 0.5) is 5.69 Å². The highest BCUT2D eigenvalue weighted by atomic mass is 32.1. The second kappa shape index (κ2) is 17.3. The van der Waals surface area contributed by atoms with Crippen LogP contribution >= 0.6 is 12.2 Å². The third-order valence-electron chi connectivity index (χ3n) is 8.22. The van der Waals surface area contributed by atoms with Crippen molar-refractivity contribution < 1.29 is 19.1 Å². The van der Waals surface area contributed by atoms with Gasteiger partial charge < -0.3 is 20.1 Å². The smallest absolute Gasteiger partial charge is 0.321 e. The number of anilines is 1. The summed E-state index contributed by atoms with van der Waals surface area (Å²) in [6, 6.07) is 34.1. The summed E-state index contributed by atoms with van der Waals surface area (Å²) in [7, 11) is 0. The Bertz CT molecular complexity index is 1560. The monoisotopic (exact) mass is 636 g/mol. The van der Waals surface area contributed by atoms with Crippen molar-refractivity contribution in [2.24, 2.45) is 0 Å². The van der Waals surface area contributed by atoms with Crippen molar-refractivity contribution in [3.63, 3.8) is 0 Å². The summed E-state index contributed by atoms with van der Waals surface area (Å²) in [5.74, 6) is 0.0889. The first kappa shape index (κ1) is 34.4. The quantitative estimate of drug-likeness (QED) is 0.0584. The Hall–Kier alpha value is -4.49. The zero-order valence-electron chi connectivity index (χ0n) is 27.0. The van der Waals surface area contributed by atoms with Crippen LogP contribution in [0.2, 0.25) is 0 Å². The molecule has 2 unspecified atom stereocenters. The van der Waals surface area contributed by atoms with Gasteiger partial charge in [-0.15, -0.1) is 0 Å². The molecular weight excluding hydrogens is 593 g/mol. The molecule has 0 fully saturated rings. The van der Waals surface area contributed by atoms with Crippen LogP contribution in [0, 0.1) is 6.92 Å². The van der Waals surface area contributed by atoms with Crippen LogP contribution in [0.15, 0.2) is 109 Å². The number of benzene rings is 4. The maximum Gasteiger partial charge on any atom is 0.321 e. The third kappa shape index (κ3) is 9.51. The van der Waals surface area contributed by atoms with E-state index in [9.17, 15) is 9.59 Å². The van der Waals surface area contributed by atoms with Gasteiger partial charge in [-0.05, 0) is 92.4 Å². The normalized spacial score (nSPS) is 12.8. The number of para-hydroxylation sites is 2. The number of aryl methyl sites for hydroxylation is 1. The molecule has 0 radical (unpaired) electrons. The first-order valence-electron chi connectivity index (χ1n) is 16.1. The van der Waals surface area contributed by atoms with Gasteiger partial charge in [0.2, 0.25) is 0 Å². The maximum absolute atomic E-state index is 13.5. The van der Waals surface area contributed by atoms with Crippen LogP contribution in [0.3, 0.4) is 0 Å². The van der Waals surface area contributed by atoms with E-state index in [-0.39, 0.29) is 11.9 Å². The zero-order valence-corrected chi connectivity index (χ0v) is 27.8. The number of esters is 2. The summed E-state index contributed by atoms with van der Waals surface area (Å²) in [6.07, 6.45) is 4.74. The zero-order chi connectivity index (χ0) is 32.8. The topological polar surface area (TPSA) is 76.7 Å². The summed E-state index contributed by atoms with van der Waals surface area (Å²) in [4.78, 5) is 26.9. The predicted molar refractivity (Wildman–Crippen MR) is 189 cm³/mol. The van der Waals surface area contributed by atoms with E-state index < -0.39 is 11.3 Å². The molecule has 0 spiro atoms. The molecule has 0 heterocycles. The molecule has 4 rings (SSSR count). The van der Waals surface area contributed by atoms with Crippen molar-refractivity contribution >= 4 is 35.0 Å². The fourth-order valence-corrected chi connectivity index (χ4v) is 5.78. The van der Waals surface area contributed by atoms with Gasteiger partial charge in [0.05, 0.1) is 11.3 Å². The van der Waals surface area contributed by atoms with Crippen LogP contribution < -0.4 is 20.1 Å². The van der Waals surface area contributed by atoms with E-state index in [1.165, 1.54) is 0 Å². The number of ether oxygens (including phenoxy) is 2. The van der Waals surface area contributed by atoms with E-state index in [1.54, 1.807) is 24.3 Å². The van der Waals surface area contributed by atoms with Crippen molar-refractivity contribution in [1.29, 1.82) is 0 Å². The molecule has 4 aromatic rings. The standard InChI is InChI=1S/C39H44N2O4S/c1-4-5-25-33(36(42)44-31-21-11-7-12-22-31)35-29(2)18-17-26-34(35)41-38(46)40-28-16-15-27-39(3,30-19-9-6-10-20-30)37(43)45-32-23-13-8-14-24-32/h6-14,17-24,26,33H,4-5,15-16,25,27-28H2,1-3H3,(H2,40,41,46). The van der Waals surface area contributed by atoms with Gasteiger partial charge in [0, 0.05) is 12.2 Å². The Morgan fingerprint density at radius 3 is 2.02 bits per heavy atom. The molecule has 2 atom stereocenters. The summed E-state index contributed by atoms with van der Waals surface area (Å²) >= 11 is 5.69. The number of nitrogens with one attached hydrogen (secondary N) is 2. The Kier molecular flexibility index (Phi) is 12.9. The minimum absolute atomic E-state index is 0.273. The maximum atomic E-state index is 13.5. The van der Waals surface area contributed by atoms with E-state index in [2.05, 4.69) is 17.6 Å². The fourth-order valence-electron chi connectivity index (χ4n) is 5.57. The summed E-state index contributed by atoms with van der Waals surface area (Å²) in [5.41, 5.74) is 2.83. The summed E-state index contributed by atoms with van der Waals surface area (Å²) in [5, 5.41) is 7.13. The average Bonchev–Trinajstić information content (AvgIpc) is 3.07. The molecule has 240 valence electrons. The lowest BCUT2D eigenvalue weighted by Gasteiger charge is -2.28. The largest absolute Gasteiger partial charge is 0.426 e. The van der Waals surface area contributed by atoms with Gasteiger partial charge >= 0.3 is 11.9 Å². The second-order valence-corrected chi connectivity index (χ2v) is 12.1. The molecule has 0 aliphatic carbocycles. The van der Waals surface area contributed by atoms with Crippen LogP contribution in [-0.2, 0) is 15.0 Å². The Balaban J connectivity index is 1.37. The molecule has 6 nitrogen and oxygen atoms in total. The van der Waals surface area contributed by atoms with E-state index >= 15 is 0 Å². The van der Waals surface area contributed by atoms with Crippen molar-refractivity contribution in [3.05, 3.63) is 126 Å². The minimum atomic E-state index is -0.797. The number of unbranched alkanes of at least 4 members (excludes halogenated alkanes) is 2. The van der Waals surface area contributed by atoms with Gasteiger partial charge in [0.15, 0.2) is 5.11 Å². The van der Waals surface area contributed by atoms with Crippen LogP contribution in [0.5, 0.6) is 11.5 Å². The van der Waals surface area contributed by atoms with Gasteiger partial charge in [-0.2, -0.15) is 0 Å². The van der Waals surface area contributed by atoms with Crippen LogP contribution in [-0.4, -0.2) is 23.6 Å². The minimum Gasteiger partial charge on any atom is -0.426 e. The predicted octanol–water partition coefficient (Wildman–Crippen LogP) is 8.89. The average molecular weight is 637 g/mol. The lowest BCUT2D eigenvalue weighted by atomic mass is 9.78. The Labute approximate surface area is 278 Å². The SMILES string of the molecule is CCCCC(C(=O)Oc1ccccc1)c1c(C)cccc1NC(=S)NCCCCC(C)(C(=O)Oc1ccccc1)c1ccccc1. The molecule has 2 N–H and O–H groups in total. The highest BCUT2D eigenvalue weighted by Crippen LogP contribution is 2.34. The molecule has 7 heteroatoms. The van der Waals surface area contributed by atoms with E-state index in [0.717, 1.165) is 48.1 Å². The lowest BCUT2D eigenvalue weighted by molar-refractivity contribution is -0.140. The van der Waals surface area contributed by atoms with Crippen LogP contribution in [0.1, 0.15) is 75.0 Å². The Morgan fingerprint density at radius 1 is 0.783 bits per heavy atom. The number of hydrogen-bond acceptors (Lipinski definition) is 5. The first-order valence-corrected chi connectivity index (χ1v) is 16.5. The molecule has 0 saturated carbocycles. The molecule has 0 aliphatic rings. The number of hydrogen-bond donors (Lipinski definition) is 2. The lowest BCUT2D eigenvalue weighted by Crippen LogP contribution is -2.37. The molecular formula is C39H44N2O4S. The molecule has 0 aromatic heterocycles. The summed E-state index contributed by atoms with van der Waals surface area (Å²) < 4.78 is 11.6. The number of carbonyl (C=O) groups excluding carboxylic acids is 2.